The van der Waals surface area contributed by atoms with Crippen molar-refractivity contribution in [1.82, 2.24) is 0 Å². The third kappa shape index (κ3) is 3.09. The predicted molar refractivity (Wildman–Crippen MR) is 74.6 cm³/mol. The number of benzene rings is 2. The van der Waals surface area contributed by atoms with Gasteiger partial charge < -0.3 is 5.11 Å². The third-order valence-electron chi connectivity index (χ3n) is 2.62. The molecule has 0 aliphatic carbocycles. The molecule has 0 aromatic heterocycles. The molecular formula is C13H11ClFNO3S. The molecule has 0 heterocycles. The molecule has 20 heavy (non-hydrogen) atoms. The lowest BCUT2D eigenvalue weighted by molar-refractivity contribution is 0.282. The molecule has 0 amide bonds. The Hall–Kier alpha value is -1.63. The van der Waals surface area contributed by atoms with Crippen molar-refractivity contribution < 1.29 is 17.9 Å². The van der Waals surface area contributed by atoms with Crippen molar-refractivity contribution in [3.8, 4) is 0 Å². The molecule has 0 saturated heterocycles. The van der Waals surface area contributed by atoms with E-state index >= 15 is 0 Å². The molecule has 2 N–H and O–H groups in total. The normalized spacial score (nSPS) is 11.3. The van der Waals surface area contributed by atoms with E-state index in [-0.39, 0.29) is 17.3 Å². The molecule has 0 fully saturated rings. The maximum absolute atomic E-state index is 13.7. The lowest BCUT2D eigenvalue weighted by Gasteiger charge is -2.11. The molecule has 0 unspecified atom stereocenters. The highest BCUT2D eigenvalue weighted by atomic mass is 35.5. The molecule has 2 aromatic carbocycles. The average Bonchev–Trinajstić information content (AvgIpc) is 2.38. The summed E-state index contributed by atoms with van der Waals surface area (Å²) < 4.78 is 40.2. The smallest absolute Gasteiger partial charge is 0.264 e. The minimum Gasteiger partial charge on any atom is -0.392 e. The van der Waals surface area contributed by atoms with Crippen molar-refractivity contribution in [3.63, 3.8) is 0 Å². The van der Waals surface area contributed by atoms with E-state index in [0.717, 1.165) is 12.1 Å². The Balaban J connectivity index is 2.41. The Morgan fingerprint density at radius 3 is 2.55 bits per heavy atom. The molecule has 0 radical (unpaired) electrons. The van der Waals surface area contributed by atoms with Gasteiger partial charge in [-0.1, -0.05) is 29.8 Å². The van der Waals surface area contributed by atoms with E-state index in [0.29, 0.717) is 5.56 Å². The fourth-order valence-electron chi connectivity index (χ4n) is 1.65. The van der Waals surface area contributed by atoms with E-state index in [4.69, 9.17) is 16.7 Å². The number of nitrogens with one attached hydrogen (secondary N) is 1. The summed E-state index contributed by atoms with van der Waals surface area (Å²) in [5.41, 5.74) is 0.592. The lowest BCUT2D eigenvalue weighted by atomic mass is 10.2. The van der Waals surface area contributed by atoms with Gasteiger partial charge in [0.05, 0.1) is 12.3 Å². The van der Waals surface area contributed by atoms with Crippen LogP contribution in [0.15, 0.2) is 47.4 Å². The van der Waals surface area contributed by atoms with Gasteiger partial charge in [-0.3, -0.25) is 4.72 Å². The summed E-state index contributed by atoms with van der Waals surface area (Å²) in [6.07, 6.45) is 0. The Kier molecular flexibility index (Phi) is 4.27. The van der Waals surface area contributed by atoms with Crippen LogP contribution in [0.3, 0.4) is 0 Å². The first kappa shape index (κ1) is 14.8. The van der Waals surface area contributed by atoms with E-state index in [2.05, 4.69) is 4.72 Å². The summed E-state index contributed by atoms with van der Waals surface area (Å²) in [6, 6.07) is 9.61. The maximum atomic E-state index is 13.7. The number of anilines is 1. The fourth-order valence-corrected chi connectivity index (χ4v) is 2.97. The zero-order chi connectivity index (χ0) is 14.8. The fraction of sp³-hybridized carbons (Fsp3) is 0.0769. The average molecular weight is 316 g/mol. The number of para-hydroxylation sites is 1. The second-order valence-corrected chi connectivity index (χ2v) is 6.08. The van der Waals surface area contributed by atoms with Crippen LogP contribution in [0.4, 0.5) is 10.1 Å². The van der Waals surface area contributed by atoms with Crippen molar-refractivity contribution >= 4 is 27.3 Å². The largest absolute Gasteiger partial charge is 0.392 e. The molecule has 2 rings (SSSR count). The van der Waals surface area contributed by atoms with E-state index in [1.807, 2.05) is 0 Å². The van der Waals surface area contributed by atoms with Crippen molar-refractivity contribution in [1.29, 1.82) is 0 Å². The maximum Gasteiger partial charge on any atom is 0.264 e. The number of hydrogen-bond donors (Lipinski definition) is 2. The summed E-state index contributed by atoms with van der Waals surface area (Å²) in [4.78, 5) is -0.505. The van der Waals surface area contributed by atoms with Gasteiger partial charge in [0.1, 0.15) is 10.7 Å². The highest BCUT2D eigenvalue weighted by molar-refractivity contribution is 7.92. The molecule has 0 bridgehead atoms. The zero-order valence-electron chi connectivity index (χ0n) is 10.2. The van der Waals surface area contributed by atoms with Crippen molar-refractivity contribution in [2.75, 3.05) is 4.72 Å². The van der Waals surface area contributed by atoms with E-state index in [1.54, 1.807) is 18.2 Å². The molecule has 2 aromatic rings. The van der Waals surface area contributed by atoms with Crippen LogP contribution in [0, 0.1) is 5.82 Å². The Morgan fingerprint density at radius 1 is 1.20 bits per heavy atom. The van der Waals surface area contributed by atoms with Crippen LogP contribution in [0.2, 0.25) is 5.02 Å². The minimum absolute atomic E-state index is 0.109. The van der Waals surface area contributed by atoms with Crippen LogP contribution >= 0.6 is 11.6 Å². The summed E-state index contributed by atoms with van der Waals surface area (Å²) in [5, 5.41) is 9.26. The van der Waals surface area contributed by atoms with Crippen LogP contribution in [-0.2, 0) is 16.6 Å². The second kappa shape index (κ2) is 5.78. The highest BCUT2D eigenvalue weighted by Gasteiger charge is 2.20. The van der Waals surface area contributed by atoms with Crippen LogP contribution in [0.25, 0.3) is 0 Å². The van der Waals surface area contributed by atoms with E-state index in [9.17, 15) is 12.8 Å². The van der Waals surface area contributed by atoms with Gasteiger partial charge in [-0.2, -0.15) is 0 Å². The first-order valence-electron chi connectivity index (χ1n) is 5.60. The first-order valence-corrected chi connectivity index (χ1v) is 7.47. The standard InChI is InChI=1S/C13H11ClFNO3S/c14-10-5-6-13(11(15)7-10)20(18,19)16-12-4-2-1-3-9(12)8-17/h1-7,16-17H,8H2. The number of sulfonamides is 1. The summed E-state index contributed by atoms with van der Waals surface area (Å²) in [6.45, 7) is -0.332. The summed E-state index contributed by atoms with van der Waals surface area (Å²) in [7, 11) is -4.09. The molecule has 0 saturated carbocycles. The predicted octanol–water partition coefficient (Wildman–Crippen LogP) is 2.77. The molecular weight excluding hydrogens is 305 g/mol. The van der Waals surface area contributed by atoms with Crippen molar-refractivity contribution in [3.05, 3.63) is 58.9 Å². The number of hydrogen-bond acceptors (Lipinski definition) is 3. The van der Waals surface area contributed by atoms with Gasteiger partial charge in [0.2, 0.25) is 0 Å². The molecule has 7 heteroatoms. The molecule has 0 aliphatic rings. The quantitative estimate of drug-likeness (QED) is 0.911. The third-order valence-corrected chi connectivity index (χ3v) is 4.25. The SMILES string of the molecule is O=S(=O)(Nc1ccccc1CO)c1ccc(Cl)cc1F. The highest BCUT2D eigenvalue weighted by Crippen LogP contribution is 2.23. The summed E-state index contributed by atoms with van der Waals surface area (Å²) >= 11 is 5.59. The van der Waals surface area contributed by atoms with Crippen molar-refractivity contribution in [2.24, 2.45) is 0 Å². The van der Waals surface area contributed by atoms with Gasteiger partial charge in [-0.15, -0.1) is 0 Å². The number of aliphatic hydroxyl groups is 1. The molecule has 0 spiro atoms. The molecule has 106 valence electrons. The van der Waals surface area contributed by atoms with Gasteiger partial charge in [0.25, 0.3) is 10.0 Å². The second-order valence-electron chi connectivity index (χ2n) is 4.00. The Bertz CT molecular complexity index is 734. The summed E-state index contributed by atoms with van der Waals surface area (Å²) in [5.74, 6) is -0.938. The topological polar surface area (TPSA) is 66.4 Å². The van der Waals surface area contributed by atoms with Gasteiger partial charge in [0.15, 0.2) is 0 Å². The zero-order valence-corrected chi connectivity index (χ0v) is 11.7. The molecule has 0 atom stereocenters. The van der Waals surface area contributed by atoms with Crippen LogP contribution in [0.5, 0.6) is 0 Å². The minimum atomic E-state index is -4.09. The van der Waals surface area contributed by atoms with Gasteiger partial charge in [-0.25, -0.2) is 12.8 Å². The van der Waals surface area contributed by atoms with Crippen LogP contribution < -0.4 is 4.72 Å². The first-order chi connectivity index (χ1) is 9.44. The Morgan fingerprint density at radius 2 is 1.90 bits per heavy atom. The van der Waals surface area contributed by atoms with Crippen molar-refractivity contribution in [2.45, 2.75) is 11.5 Å². The van der Waals surface area contributed by atoms with E-state index in [1.165, 1.54) is 12.1 Å². The van der Waals surface area contributed by atoms with Gasteiger partial charge in [-0.05, 0) is 24.3 Å². The Labute approximate surface area is 120 Å². The van der Waals surface area contributed by atoms with E-state index < -0.39 is 20.7 Å². The van der Waals surface area contributed by atoms with Gasteiger partial charge in [0, 0.05) is 10.6 Å². The number of halogens is 2. The molecule has 4 nitrogen and oxygen atoms in total. The number of aliphatic hydroxyl groups excluding tert-OH is 1. The lowest BCUT2D eigenvalue weighted by Crippen LogP contribution is -2.15. The van der Waals surface area contributed by atoms with Crippen LogP contribution in [-0.4, -0.2) is 13.5 Å². The monoisotopic (exact) mass is 315 g/mol. The van der Waals surface area contributed by atoms with Gasteiger partial charge >= 0.3 is 0 Å². The van der Waals surface area contributed by atoms with Crippen LogP contribution in [0.1, 0.15) is 5.56 Å². The number of rotatable bonds is 4. The molecule has 0 aliphatic heterocycles.